The number of pyridine rings is 2. The maximum atomic E-state index is 11.8. The Kier molecular flexibility index (Phi) is 13.0. The predicted molar refractivity (Wildman–Crippen MR) is 244 cm³/mol. The standard InChI is InChI=1S/C25H28ClN2O2.C25H27ClN2O.CH2Cl2/c1-24-10-6-19-17-4-5-23(26)21(15-27)18(17)2-3-20(19)22(24)7-11-25(24,29)14-16-8-12-28(30)13-9-16;1-24-10-6-19-17-4-5-23(26)21(15-27)18(17)2-3-20(19)22(24)7-11-25(24,29)14-16-8-12-28-13-9-16;2-1-3/h4-5,8-9,12-13,19-20,22,29-30H,2-3,6-7,10-11,14H2,1H3;4-5,8-9,12-13,19-20,22,29H,2-3,6-7,10-11,14H2,1H3;1H2/q+1;;/t2*19?,20?,22?,24-,25+;/m00./s1. The molecule has 10 rings (SSSR count). The molecular weight excluding hydrogens is 858 g/mol. The highest BCUT2D eigenvalue weighted by Gasteiger charge is 2.63. The van der Waals surface area contributed by atoms with Crippen LogP contribution in [0, 0.1) is 57.2 Å². The van der Waals surface area contributed by atoms with E-state index in [9.17, 15) is 25.9 Å². The summed E-state index contributed by atoms with van der Waals surface area (Å²) in [6.45, 7) is 4.63. The molecular formula is C51H57Cl4N4O3+. The molecule has 10 atom stereocenters. The van der Waals surface area contributed by atoms with Gasteiger partial charge in [-0.25, -0.2) is 0 Å². The second kappa shape index (κ2) is 17.9. The molecule has 0 radical (unpaired) electrons. The highest BCUT2D eigenvalue weighted by atomic mass is 35.5. The smallest absolute Gasteiger partial charge is 0.222 e. The number of aromatic nitrogens is 2. The van der Waals surface area contributed by atoms with Gasteiger partial charge in [0.15, 0.2) is 0 Å². The summed E-state index contributed by atoms with van der Waals surface area (Å²) in [5, 5.41) is 53.7. The predicted octanol–water partition coefficient (Wildman–Crippen LogP) is 11.4. The zero-order chi connectivity index (χ0) is 44.0. The molecule has 4 fully saturated rings. The van der Waals surface area contributed by atoms with Gasteiger partial charge < -0.3 is 10.2 Å². The van der Waals surface area contributed by atoms with Crippen LogP contribution in [0.25, 0.3) is 0 Å². The zero-order valence-electron chi connectivity index (χ0n) is 35.6. The maximum Gasteiger partial charge on any atom is 0.222 e. The van der Waals surface area contributed by atoms with E-state index in [-0.39, 0.29) is 16.2 Å². The Labute approximate surface area is 386 Å². The monoisotopic (exact) mass is 913 g/mol. The van der Waals surface area contributed by atoms with Crippen molar-refractivity contribution in [3.8, 4) is 12.1 Å². The number of benzene rings is 2. The minimum Gasteiger partial charge on any atom is -0.389 e. The van der Waals surface area contributed by atoms with Crippen LogP contribution < -0.4 is 4.73 Å². The summed E-state index contributed by atoms with van der Waals surface area (Å²) in [5.41, 5.74) is 7.03. The van der Waals surface area contributed by atoms with Crippen molar-refractivity contribution in [1.82, 2.24) is 4.98 Å². The highest BCUT2D eigenvalue weighted by molar-refractivity contribution is 6.40. The summed E-state index contributed by atoms with van der Waals surface area (Å²) in [7, 11) is 0. The van der Waals surface area contributed by atoms with Gasteiger partial charge in [0.1, 0.15) is 12.1 Å². The van der Waals surface area contributed by atoms with Crippen molar-refractivity contribution in [1.29, 1.82) is 10.5 Å². The normalized spacial score (nSPS) is 33.5. The topological polar surface area (TPSA) is 125 Å². The van der Waals surface area contributed by atoms with E-state index in [4.69, 9.17) is 46.4 Å². The van der Waals surface area contributed by atoms with Crippen molar-refractivity contribution in [3.63, 3.8) is 0 Å². The molecule has 6 unspecified atom stereocenters. The van der Waals surface area contributed by atoms with Crippen LogP contribution in [-0.4, -0.2) is 36.9 Å². The SMILES string of the molecule is C[C@]12CCC3c4ccc(Cl)c(C#N)c4CCC3C1CC[C@@]2(O)Cc1cc[n+](O)cc1.C[C@]12CCC3c4ccc(Cl)c(C#N)c4CCC3C1CC[C@@]2(O)Cc1ccncc1.ClCCl. The average molecular weight is 916 g/mol. The number of halogens is 4. The summed E-state index contributed by atoms with van der Waals surface area (Å²) in [6, 6.07) is 20.6. The second-order valence-electron chi connectivity index (χ2n) is 19.5. The van der Waals surface area contributed by atoms with Gasteiger partial charge in [0.25, 0.3) is 0 Å². The Morgan fingerprint density at radius 1 is 0.645 bits per heavy atom. The van der Waals surface area contributed by atoms with Gasteiger partial charge in [0.05, 0.1) is 37.7 Å². The van der Waals surface area contributed by atoms with E-state index < -0.39 is 11.2 Å². The first-order chi connectivity index (χ1) is 29.7. The van der Waals surface area contributed by atoms with Crippen LogP contribution in [0.15, 0.2) is 73.3 Å². The molecule has 0 spiro atoms. The van der Waals surface area contributed by atoms with Gasteiger partial charge in [-0.1, -0.05) is 49.2 Å². The van der Waals surface area contributed by atoms with Gasteiger partial charge in [-0.05, 0) is 181 Å². The Hall–Kier alpha value is -3.40. The number of alkyl halides is 2. The lowest BCUT2D eigenvalue weighted by molar-refractivity contribution is -0.904. The molecule has 4 aromatic rings. The molecule has 2 aromatic carbocycles. The van der Waals surface area contributed by atoms with Crippen molar-refractivity contribution >= 4 is 46.4 Å². The zero-order valence-corrected chi connectivity index (χ0v) is 38.7. The molecule has 6 aliphatic rings. The van der Waals surface area contributed by atoms with Crippen molar-refractivity contribution < 1.29 is 20.2 Å². The molecule has 4 saturated carbocycles. The minimum atomic E-state index is -0.720. The van der Waals surface area contributed by atoms with E-state index in [1.807, 2.05) is 48.8 Å². The van der Waals surface area contributed by atoms with Gasteiger partial charge in [-0.15, -0.1) is 23.2 Å². The quantitative estimate of drug-likeness (QED) is 0.106. The van der Waals surface area contributed by atoms with Crippen LogP contribution in [0.5, 0.6) is 0 Å². The Balaban J connectivity index is 0.000000161. The van der Waals surface area contributed by atoms with Crippen molar-refractivity contribution in [2.24, 2.45) is 34.5 Å². The van der Waals surface area contributed by atoms with Crippen molar-refractivity contribution in [2.45, 2.75) is 127 Å². The third-order valence-electron chi connectivity index (χ3n) is 17.2. The number of hydrogen-bond donors (Lipinski definition) is 3. The molecule has 7 nitrogen and oxygen atoms in total. The summed E-state index contributed by atoms with van der Waals surface area (Å²) in [4.78, 5) is 4.12. The average Bonchev–Trinajstić information content (AvgIpc) is 3.69. The molecule has 3 N–H and O–H groups in total. The fraction of sp³-hybridized carbons (Fsp3) is 0.529. The maximum absolute atomic E-state index is 11.8. The van der Waals surface area contributed by atoms with E-state index in [0.717, 1.165) is 92.9 Å². The summed E-state index contributed by atoms with van der Waals surface area (Å²) >= 11 is 22.1. The number of hydrogen-bond acceptors (Lipinski definition) is 6. The molecule has 0 amide bonds. The van der Waals surface area contributed by atoms with E-state index >= 15 is 0 Å². The number of rotatable bonds is 4. The number of fused-ring (bicyclic) bond motifs is 10. The number of nitrogens with zero attached hydrogens (tertiary/aromatic N) is 4. The summed E-state index contributed by atoms with van der Waals surface area (Å²) in [5.74, 6) is 3.10. The van der Waals surface area contributed by atoms with E-state index in [1.54, 1.807) is 12.4 Å². The van der Waals surface area contributed by atoms with E-state index in [1.165, 1.54) is 22.3 Å². The first kappa shape index (κ1) is 45.2. The first-order valence-corrected chi connectivity index (χ1v) is 24.1. The minimum absolute atomic E-state index is 0.0561. The molecule has 0 bridgehead atoms. The number of nitriles is 2. The van der Waals surface area contributed by atoms with Crippen LogP contribution in [0.1, 0.15) is 134 Å². The third kappa shape index (κ3) is 7.71. The number of aliphatic hydroxyl groups is 2. The van der Waals surface area contributed by atoms with Gasteiger partial charge in [0.2, 0.25) is 12.4 Å². The Morgan fingerprint density at radius 2 is 1.06 bits per heavy atom. The lowest BCUT2D eigenvalue weighted by Crippen LogP contribution is -2.52. The van der Waals surface area contributed by atoms with Crippen LogP contribution in [-0.2, 0) is 25.7 Å². The van der Waals surface area contributed by atoms with Crippen LogP contribution in [0.4, 0.5) is 0 Å². The van der Waals surface area contributed by atoms with E-state index in [0.29, 0.717) is 69.5 Å². The lowest BCUT2D eigenvalue weighted by Gasteiger charge is -2.53. The third-order valence-corrected chi connectivity index (χ3v) is 17.8. The molecule has 62 heavy (non-hydrogen) atoms. The van der Waals surface area contributed by atoms with Gasteiger partial charge in [0, 0.05) is 42.1 Å². The molecule has 2 aromatic heterocycles. The van der Waals surface area contributed by atoms with Gasteiger partial charge in [-0.3, -0.25) is 10.2 Å². The lowest BCUT2D eigenvalue weighted by atomic mass is 9.52. The largest absolute Gasteiger partial charge is 0.389 e. The fourth-order valence-electron chi connectivity index (χ4n) is 14.1. The molecule has 326 valence electrons. The van der Waals surface area contributed by atoms with Gasteiger partial charge >= 0.3 is 0 Å². The Morgan fingerprint density at radius 3 is 1.48 bits per heavy atom. The molecule has 2 heterocycles. The fourth-order valence-corrected chi connectivity index (χ4v) is 14.5. The van der Waals surface area contributed by atoms with Crippen molar-refractivity contribution in [2.75, 3.05) is 5.34 Å². The summed E-state index contributed by atoms with van der Waals surface area (Å²) < 4.78 is 1.04. The molecule has 11 heteroatoms. The van der Waals surface area contributed by atoms with Crippen LogP contribution in [0.3, 0.4) is 0 Å². The van der Waals surface area contributed by atoms with Crippen LogP contribution in [0.2, 0.25) is 10.0 Å². The Bertz CT molecular complexity index is 2370. The first-order valence-electron chi connectivity index (χ1n) is 22.3. The van der Waals surface area contributed by atoms with Crippen molar-refractivity contribution in [3.05, 3.63) is 128 Å². The van der Waals surface area contributed by atoms with E-state index in [2.05, 4.69) is 43.1 Å². The van der Waals surface area contributed by atoms with Crippen LogP contribution >= 0.6 is 46.4 Å². The highest BCUT2D eigenvalue weighted by Crippen LogP contribution is 2.66. The summed E-state index contributed by atoms with van der Waals surface area (Å²) in [6.07, 6.45) is 20.2. The molecule has 0 aliphatic heterocycles. The molecule has 6 aliphatic carbocycles. The van der Waals surface area contributed by atoms with Gasteiger partial charge in [-0.2, -0.15) is 10.5 Å². The molecule has 0 saturated heterocycles. The second-order valence-corrected chi connectivity index (χ2v) is 21.1.